The van der Waals surface area contributed by atoms with Crippen molar-refractivity contribution in [2.75, 3.05) is 5.32 Å². The van der Waals surface area contributed by atoms with Crippen molar-refractivity contribution in [2.24, 2.45) is 0 Å². The standard InChI is InChI=1S/C18H15N3O3/c1-12(22)14-7-9-15(10-8-14)19-17(23)18-21-20-16(24-18)11-13-5-3-2-4-6-13/h2-10H,11H2,1H3,(H,19,23). The van der Waals surface area contributed by atoms with E-state index in [1.165, 1.54) is 6.92 Å². The molecule has 2 aromatic carbocycles. The van der Waals surface area contributed by atoms with Gasteiger partial charge in [-0.1, -0.05) is 30.3 Å². The number of hydrogen-bond donors (Lipinski definition) is 1. The highest BCUT2D eigenvalue weighted by molar-refractivity contribution is 6.01. The van der Waals surface area contributed by atoms with Crippen LogP contribution in [0.2, 0.25) is 0 Å². The molecule has 3 rings (SSSR count). The van der Waals surface area contributed by atoms with Gasteiger partial charge in [-0.2, -0.15) is 0 Å². The summed E-state index contributed by atoms with van der Waals surface area (Å²) in [5.74, 6) is -0.248. The third-order valence-electron chi connectivity index (χ3n) is 3.41. The minimum absolute atomic E-state index is 0.0321. The fourth-order valence-electron chi connectivity index (χ4n) is 2.16. The Hall–Kier alpha value is -3.28. The van der Waals surface area contributed by atoms with Crippen molar-refractivity contribution < 1.29 is 14.0 Å². The fraction of sp³-hybridized carbons (Fsp3) is 0.111. The van der Waals surface area contributed by atoms with Crippen LogP contribution in [0.1, 0.15) is 39.4 Å². The number of ketones is 1. The summed E-state index contributed by atoms with van der Waals surface area (Å²) in [4.78, 5) is 23.4. The molecule has 3 aromatic rings. The Morgan fingerprint density at radius 1 is 1.00 bits per heavy atom. The summed E-state index contributed by atoms with van der Waals surface area (Å²) in [5, 5.41) is 10.3. The fourth-order valence-corrected chi connectivity index (χ4v) is 2.16. The van der Waals surface area contributed by atoms with Crippen LogP contribution in [-0.4, -0.2) is 21.9 Å². The highest BCUT2D eigenvalue weighted by Crippen LogP contribution is 2.13. The number of nitrogens with one attached hydrogen (secondary N) is 1. The summed E-state index contributed by atoms with van der Waals surface area (Å²) in [6.45, 7) is 1.49. The average Bonchev–Trinajstić information content (AvgIpc) is 3.05. The second kappa shape index (κ2) is 6.87. The van der Waals surface area contributed by atoms with Gasteiger partial charge in [0.25, 0.3) is 0 Å². The van der Waals surface area contributed by atoms with Gasteiger partial charge < -0.3 is 9.73 Å². The van der Waals surface area contributed by atoms with E-state index in [2.05, 4.69) is 15.5 Å². The number of nitrogens with zero attached hydrogens (tertiary/aromatic N) is 2. The topological polar surface area (TPSA) is 85.1 Å². The summed E-state index contributed by atoms with van der Waals surface area (Å²) < 4.78 is 5.40. The van der Waals surface area contributed by atoms with Crippen molar-refractivity contribution >= 4 is 17.4 Å². The lowest BCUT2D eigenvalue weighted by Crippen LogP contribution is -2.12. The number of anilines is 1. The summed E-state index contributed by atoms with van der Waals surface area (Å²) in [7, 11) is 0. The largest absolute Gasteiger partial charge is 0.417 e. The molecular formula is C18H15N3O3. The van der Waals surface area contributed by atoms with E-state index in [1.54, 1.807) is 24.3 Å². The van der Waals surface area contributed by atoms with Gasteiger partial charge in [0.15, 0.2) is 5.78 Å². The zero-order valence-electron chi connectivity index (χ0n) is 13.0. The average molecular weight is 321 g/mol. The van der Waals surface area contributed by atoms with Crippen molar-refractivity contribution in [3.05, 3.63) is 77.5 Å². The van der Waals surface area contributed by atoms with Crippen LogP contribution in [-0.2, 0) is 6.42 Å². The molecule has 24 heavy (non-hydrogen) atoms. The first-order chi connectivity index (χ1) is 11.6. The smallest absolute Gasteiger partial charge is 0.313 e. The molecule has 1 N–H and O–H groups in total. The lowest BCUT2D eigenvalue weighted by molar-refractivity contribution is 0.0987. The molecule has 120 valence electrons. The molecule has 1 aromatic heterocycles. The molecule has 0 spiro atoms. The highest BCUT2D eigenvalue weighted by atomic mass is 16.4. The van der Waals surface area contributed by atoms with E-state index in [9.17, 15) is 9.59 Å². The van der Waals surface area contributed by atoms with E-state index in [1.807, 2.05) is 30.3 Å². The number of hydrogen-bond acceptors (Lipinski definition) is 5. The van der Waals surface area contributed by atoms with Crippen LogP contribution < -0.4 is 5.32 Å². The highest BCUT2D eigenvalue weighted by Gasteiger charge is 2.15. The number of carbonyl (C=O) groups is 2. The third-order valence-corrected chi connectivity index (χ3v) is 3.41. The van der Waals surface area contributed by atoms with E-state index in [4.69, 9.17) is 4.42 Å². The van der Waals surface area contributed by atoms with Crippen LogP contribution in [0.3, 0.4) is 0 Å². The van der Waals surface area contributed by atoms with Crippen molar-refractivity contribution in [1.82, 2.24) is 10.2 Å². The zero-order chi connectivity index (χ0) is 16.9. The maximum absolute atomic E-state index is 12.1. The number of benzene rings is 2. The molecule has 0 bridgehead atoms. The molecular weight excluding hydrogens is 306 g/mol. The van der Waals surface area contributed by atoms with E-state index < -0.39 is 5.91 Å². The Kier molecular flexibility index (Phi) is 4.47. The maximum atomic E-state index is 12.1. The normalized spacial score (nSPS) is 10.4. The first-order valence-corrected chi connectivity index (χ1v) is 7.40. The van der Waals surface area contributed by atoms with Gasteiger partial charge in [0.1, 0.15) is 0 Å². The predicted octanol–water partition coefficient (Wildman–Crippen LogP) is 3.12. The Morgan fingerprint density at radius 2 is 1.71 bits per heavy atom. The number of amides is 1. The Bertz CT molecular complexity index is 855. The van der Waals surface area contributed by atoms with E-state index in [-0.39, 0.29) is 11.7 Å². The third kappa shape index (κ3) is 3.73. The van der Waals surface area contributed by atoms with Crippen LogP contribution in [0, 0.1) is 0 Å². The zero-order valence-corrected chi connectivity index (χ0v) is 13.0. The summed E-state index contributed by atoms with van der Waals surface area (Å²) in [6.07, 6.45) is 0.467. The van der Waals surface area contributed by atoms with E-state index >= 15 is 0 Å². The van der Waals surface area contributed by atoms with Crippen LogP contribution in [0.25, 0.3) is 0 Å². The molecule has 0 unspecified atom stereocenters. The van der Waals surface area contributed by atoms with Gasteiger partial charge in [-0.3, -0.25) is 9.59 Å². The van der Waals surface area contributed by atoms with Crippen molar-refractivity contribution in [2.45, 2.75) is 13.3 Å². The lowest BCUT2D eigenvalue weighted by Gasteiger charge is -2.02. The second-order valence-electron chi connectivity index (χ2n) is 5.25. The molecule has 0 aliphatic heterocycles. The number of aromatic nitrogens is 2. The molecule has 0 aliphatic carbocycles. The molecule has 0 fully saturated rings. The quantitative estimate of drug-likeness (QED) is 0.730. The van der Waals surface area contributed by atoms with Gasteiger partial charge in [0, 0.05) is 11.3 Å². The second-order valence-corrected chi connectivity index (χ2v) is 5.25. The Labute approximate surface area is 138 Å². The van der Waals surface area contributed by atoms with Crippen molar-refractivity contribution in [3.63, 3.8) is 0 Å². The monoisotopic (exact) mass is 321 g/mol. The first kappa shape index (κ1) is 15.6. The summed E-state index contributed by atoms with van der Waals surface area (Å²) in [6, 6.07) is 16.2. The van der Waals surface area contributed by atoms with Gasteiger partial charge in [-0.25, -0.2) is 0 Å². The molecule has 6 nitrogen and oxygen atoms in total. The first-order valence-electron chi connectivity index (χ1n) is 7.40. The molecule has 0 saturated heterocycles. The molecule has 0 saturated carbocycles. The SMILES string of the molecule is CC(=O)c1ccc(NC(=O)c2nnc(Cc3ccccc3)o2)cc1. The van der Waals surface area contributed by atoms with Crippen LogP contribution in [0.4, 0.5) is 5.69 Å². The minimum atomic E-state index is -0.489. The maximum Gasteiger partial charge on any atom is 0.313 e. The van der Waals surface area contributed by atoms with Gasteiger partial charge in [-0.05, 0) is 36.8 Å². The van der Waals surface area contributed by atoms with E-state index in [0.29, 0.717) is 23.6 Å². The lowest BCUT2D eigenvalue weighted by atomic mass is 10.1. The molecule has 6 heteroatoms. The summed E-state index contributed by atoms with van der Waals surface area (Å²) >= 11 is 0. The Morgan fingerprint density at radius 3 is 2.38 bits per heavy atom. The van der Waals surface area contributed by atoms with Crippen LogP contribution in [0.5, 0.6) is 0 Å². The van der Waals surface area contributed by atoms with Gasteiger partial charge in [0.2, 0.25) is 5.89 Å². The minimum Gasteiger partial charge on any atom is -0.417 e. The number of rotatable bonds is 5. The molecule has 1 amide bonds. The Balaban J connectivity index is 1.66. The molecule has 1 heterocycles. The van der Waals surface area contributed by atoms with Crippen molar-refractivity contribution in [1.29, 1.82) is 0 Å². The molecule has 0 atom stereocenters. The predicted molar refractivity (Wildman–Crippen MR) is 87.9 cm³/mol. The molecule has 0 aliphatic rings. The van der Waals surface area contributed by atoms with Gasteiger partial charge in [0.05, 0.1) is 6.42 Å². The van der Waals surface area contributed by atoms with Crippen LogP contribution in [0.15, 0.2) is 59.0 Å². The van der Waals surface area contributed by atoms with Crippen LogP contribution >= 0.6 is 0 Å². The molecule has 0 radical (unpaired) electrons. The summed E-state index contributed by atoms with van der Waals surface area (Å²) in [5.41, 5.74) is 2.15. The van der Waals surface area contributed by atoms with Gasteiger partial charge >= 0.3 is 11.8 Å². The number of carbonyl (C=O) groups excluding carboxylic acids is 2. The van der Waals surface area contributed by atoms with Crippen molar-refractivity contribution in [3.8, 4) is 0 Å². The number of Topliss-reactive ketones (excluding diaryl/α,β-unsaturated/α-hetero) is 1. The van der Waals surface area contributed by atoms with E-state index in [0.717, 1.165) is 5.56 Å². The van der Waals surface area contributed by atoms with Gasteiger partial charge in [-0.15, -0.1) is 10.2 Å².